The molecule has 18 heavy (non-hydrogen) atoms. The molecule has 0 aromatic carbocycles. The highest BCUT2D eigenvalue weighted by atomic mass is 32.1. The molecule has 0 aliphatic heterocycles. The Morgan fingerprint density at radius 2 is 2.22 bits per heavy atom. The van der Waals surface area contributed by atoms with Gasteiger partial charge in [-0.25, -0.2) is 0 Å². The molecular weight excluding hydrogens is 242 g/mol. The van der Waals surface area contributed by atoms with Crippen LogP contribution in [0, 0.1) is 23.7 Å². The van der Waals surface area contributed by atoms with Crippen molar-refractivity contribution in [3.8, 4) is 0 Å². The highest BCUT2D eigenvalue weighted by molar-refractivity contribution is 7.15. The summed E-state index contributed by atoms with van der Waals surface area (Å²) in [7, 11) is 0. The van der Waals surface area contributed by atoms with Crippen molar-refractivity contribution in [2.75, 3.05) is 11.9 Å². The normalized spacial score (nSPS) is 29.4. The first-order chi connectivity index (χ1) is 8.70. The minimum atomic E-state index is 0.654. The summed E-state index contributed by atoms with van der Waals surface area (Å²) in [5.74, 6) is 3.12. The Morgan fingerprint density at radius 3 is 2.89 bits per heavy atom. The van der Waals surface area contributed by atoms with Crippen molar-refractivity contribution in [1.29, 1.82) is 0 Å². The van der Waals surface area contributed by atoms with Crippen molar-refractivity contribution in [1.82, 2.24) is 10.2 Å². The molecule has 3 atom stereocenters. The number of nitrogens with one attached hydrogen (secondary N) is 1. The van der Waals surface area contributed by atoms with Crippen molar-refractivity contribution in [2.45, 2.75) is 33.1 Å². The first kappa shape index (κ1) is 12.2. The van der Waals surface area contributed by atoms with Crippen LogP contribution in [0.2, 0.25) is 0 Å². The minimum Gasteiger partial charge on any atom is -0.360 e. The summed E-state index contributed by atoms with van der Waals surface area (Å²) in [6.45, 7) is 5.49. The molecule has 0 spiro atoms. The van der Waals surface area contributed by atoms with E-state index in [1.807, 2.05) is 0 Å². The molecule has 2 aliphatic carbocycles. The van der Waals surface area contributed by atoms with Crippen molar-refractivity contribution >= 4 is 16.5 Å². The van der Waals surface area contributed by atoms with Crippen LogP contribution in [-0.4, -0.2) is 16.7 Å². The lowest BCUT2D eigenvalue weighted by Gasteiger charge is -2.17. The van der Waals surface area contributed by atoms with Gasteiger partial charge in [-0.2, -0.15) is 0 Å². The third kappa shape index (κ3) is 2.58. The molecule has 3 unspecified atom stereocenters. The van der Waals surface area contributed by atoms with Crippen LogP contribution >= 0.6 is 11.3 Å². The highest BCUT2D eigenvalue weighted by Gasteiger charge is 2.35. The highest BCUT2D eigenvalue weighted by Crippen LogP contribution is 2.43. The van der Waals surface area contributed by atoms with E-state index in [4.69, 9.17) is 0 Å². The smallest absolute Gasteiger partial charge is 0.205 e. The van der Waals surface area contributed by atoms with E-state index in [1.54, 1.807) is 11.3 Å². The molecule has 3 nitrogen and oxygen atoms in total. The topological polar surface area (TPSA) is 37.8 Å². The Morgan fingerprint density at radius 1 is 1.33 bits per heavy atom. The van der Waals surface area contributed by atoms with Gasteiger partial charge in [-0.3, -0.25) is 0 Å². The van der Waals surface area contributed by atoms with E-state index < -0.39 is 0 Å². The van der Waals surface area contributed by atoms with E-state index in [9.17, 15) is 0 Å². The van der Waals surface area contributed by atoms with Gasteiger partial charge in [0.05, 0.1) is 0 Å². The summed E-state index contributed by atoms with van der Waals surface area (Å²) < 4.78 is 0. The van der Waals surface area contributed by atoms with Gasteiger partial charge in [-0.15, -0.1) is 10.2 Å². The minimum absolute atomic E-state index is 0.654. The second-order valence-electron chi connectivity index (χ2n) is 6.02. The standard InChI is InChI=1S/C14H21N3S/c1-9(2)5-13-16-17-14(18-13)15-8-12-7-10-3-4-11(12)6-10/h3-4,9-12H,5-8H2,1-2H3,(H,15,17). The molecule has 1 saturated carbocycles. The van der Waals surface area contributed by atoms with Crippen LogP contribution in [0.15, 0.2) is 12.2 Å². The fourth-order valence-corrected chi connectivity index (χ4v) is 4.06. The first-order valence-corrected chi connectivity index (χ1v) is 7.77. The van der Waals surface area contributed by atoms with Gasteiger partial charge in [-0.1, -0.05) is 37.3 Å². The van der Waals surface area contributed by atoms with Gasteiger partial charge in [0.1, 0.15) is 5.01 Å². The zero-order valence-electron chi connectivity index (χ0n) is 11.1. The zero-order valence-corrected chi connectivity index (χ0v) is 11.9. The molecule has 2 bridgehead atoms. The fourth-order valence-electron chi connectivity index (χ4n) is 3.10. The number of anilines is 1. The van der Waals surface area contributed by atoms with Crippen LogP contribution in [-0.2, 0) is 6.42 Å². The maximum Gasteiger partial charge on any atom is 0.205 e. The van der Waals surface area contributed by atoms with Crippen LogP contribution in [0.1, 0.15) is 31.7 Å². The average Bonchev–Trinajstić information content (AvgIpc) is 3.00. The van der Waals surface area contributed by atoms with Crippen LogP contribution in [0.4, 0.5) is 5.13 Å². The lowest BCUT2D eigenvalue weighted by Crippen LogP contribution is -2.18. The van der Waals surface area contributed by atoms with Gasteiger partial charge in [0.2, 0.25) is 5.13 Å². The van der Waals surface area contributed by atoms with Crippen LogP contribution in [0.3, 0.4) is 0 Å². The van der Waals surface area contributed by atoms with Gasteiger partial charge in [0.25, 0.3) is 0 Å². The van der Waals surface area contributed by atoms with E-state index >= 15 is 0 Å². The molecule has 1 heterocycles. The third-order valence-corrected chi connectivity index (χ3v) is 4.88. The van der Waals surface area contributed by atoms with Crippen LogP contribution in [0.25, 0.3) is 0 Å². The van der Waals surface area contributed by atoms with Gasteiger partial charge in [0.15, 0.2) is 0 Å². The lowest BCUT2D eigenvalue weighted by atomic mass is 9.94. The van der Waals surface area contributed by atoms with Gasteiger partial charge in [-0.05, 0) is 36.5 Å². The summed E-state index contributed by atoms with van der Waals surface area (Å²) in [6, 6.07) is 0. The van der Waals surface area contributed by atoms with Crippen molar-refractivity contribution in [3.63, 3.8) is 0 Å². The number of fused-ring (bicyclic) bond motifs is 2. The number of nitrogens with zero attached hydrogens (tertiary/aromatic N) is 2. The lowest BCUT2D eigenvalue weighted by molar-refractivity contribution is 0.471. The van der Waals surface area contributed by atoms with E-state index in [0.717, 1.165) is 40.9 Å². The maximum absolute atomic E-state index is 4.24. The Kier molecular flexibility index (Phi) is 3.37. The average molecular weight is 263 g/mol. The number of aromatic nitrogens is 2. The molecule has 1 aromatic heterocycles. The summed E-state index contributed by atoms with van der Waals surface area (Å²) in [5.41, 5.74) is 0. The monoisotopic (exact) mass is 263 g/mol. The van der Waals surface area contributed by atoms with E-state index in [0.29, 0.717) is 5.92 Å². The molecular formula is C14H21N3S. The van der Waals surface area contributed by atoms with Crippen molar-refractivity contribution in [3.05, 3.63) is 17.2 Å². The fraction of sp³-hybridized carbons (Fsp3) is 0.714. The number of hydrogen-bond donors (Lipinski definition) is 1. The predicted octanol–water partition coefficient (Wildman–Crippen LogP) is 3.36. The summed E-state index contributed by atoms with van der Waals surface area (Å²) >= 11 is 1.71. The summed E-state index contributed by atoms with van der Waals surface area (Å²) in [4.78, 5) is 0. The Hall–Kier alpha value is -0.900. The van der Waals surface area contributed by atoms with Crippen molar-refractivity contribution < 1.29 is 0 Å². The zero-order chi connectivity index (χ0) is 12.5. The molecule has 0 saturated heterocycles. The molecule has 1 aromatic rings. The molecule has 4 heteroatoms. The molecule has 3 rings (SSSR count). The van der Waals surface area contributed by atoms with E-state index in [1.165, 1.54) is 12.8 Å². The molecule has 1 fully saturated rings. The SMILES string of the molecule is CC(C)Cc1nnc(NCC2CC3C=CC2C3)s1. The first-order valence-electron chi connectivity index (χ1n) is 6.95. The van der Waals surface area contributed by atoms with Gasteiger partial charge in [0, 0.05) is 13.0 Å². The Labute approximate surface area is 113 Å². The molecule has 2 aliphatic rings. The second-order valence-corrected chi connectivity index (χ2v) is 7.08. The quantitative estimate of drug-likeness (QED) is 0.828. The van der Waals surface area contributed by atoms with Gasteiger partial charge < -0.3 is 5.32 Å². The van der Waals surface area contributed by atoms with Gasteiger partial charge >= 0.3 is 0 Å². The predicted molar refractivity (Wildman–Crippen MR) is 75.8 cm³/mol. The molecule has 98 valence electrons. The summed E-state index contributed by atoms with van der Waals surface area (Å²) in [5, 5.41) is 14.1. The Bertz CT molecular complexity index is 438. The Balaban J connectivity index is 1.51. The largest absolute Gasteiger partial charge is 0.360 e. The number of allylic oxidation sites excluding steroid dienone is 2. The maximum atomic E-state index is 4.24. The number of rotatable bonds is 5. The van der Waals surface area contributed by atoms with Crippen LogP contribution in [0.5, 0.6) is 0 Å². The molecule has 1 N–H and O–H groups in total. The second kappa shape index (κ2) is 5.00. The number of hydrogen-bond acceptors (Lipinski definition) is 4. The van der Waals surface area contributed by atoms with Crippen LogP contribution < -0.4 is 5.32 Å². The molecule has 0 amide bonds. The summed E-state index contributed by atoms with van der Waals surface area (Å²) in [6.07, 6.45) is 8.57. The van der Waals surface area contributed by atoms with E-state index in [-0.39, 0.29) is 0 Å². The molecule has 0 radical (unpaired) electrons. The van der Waals surface area contributed by atoms with Crippen molar-refractivity contribution in [2.24, 2.45) is 23.7 Å². The van der Waals surface area contributed by atoms with E-state index in [2.05, 4.69) is 41.5 Å². The third-order valence-electron chi connectivity index (χ3n) is 3.98.